The van der Waals surface area contributed by atoms with Gasteiger partial charge in [-0.25, -0.2) is 4.39 Å². The minimum atomic E-state index is -0.513. The summed E-state index contributed by atoms with van der Waals surface area (Å²) in [5.41, 5.74) is 0.116. The number of halogens is 1. The van der Waals surface area contributed by atoms with Gasteiger partial charge in [-0.2, -0.15) is 0 Å². The summed E-state index contributed by atoms with van der Waals surface area (Å²) in [7, 11) is 3.63. The van der Waals surface area contributed by atoms with E-state index in [1.165, 1.54) is 12.5 Å². The van der Waals surface area contributed by atoms with Gasteiger partial charge in [0, 0.05) is 46.9 Å². The first-order valence-corrected chi connectivity index (χ1v) is 9.95. The van der Waals surface area contributed by atoms with Crippen LogP contribution in [0.1, 0.15) is 18.4 Å². The first kappa shape index (κ1) is 20.2. The van der Waals surface area contributed by atoms with Crippen LogP contribution in [0.25, 0.3) is 0 Å². The first-order chi connectivity index (χ1) is 13.0. The quantitative estimate of drug-likeness (QED) is 0.750. The zero-order valence-electron chi connectivity index (χ0n) is 16.5. The smallest absolute Gasteiger partial charge is 0.231 e. The van der Waals surface area contributed by atoms with E-state index in [4.69, 9.17) is 4.74 Å². The molecule has 27 heavy (non-hydrogen) atoms. The fraction of sp³-hybridized carbons (Fsp3) is 0.667. The van der Waals surface area contributed by atoms with Crippen molar-refractivity contribution in [3.05, 3.63) is 35.6 Å². The monoisotopic (exact) mass is 377 g/mol. The second kappa shape index (κ2) is 9.13. The highest BCUT2D eigenvalue weighted by Gasteiger charge is 2.46. The summed E-state index contributed by atoms with van der Waals surface area (Å²) in [6, 6.07) is 6.79. The number of amides is 1. The second-order valence-corrected chi connectivity index (χ2v) is 8.14. The molecule has 2 saturated heterocycles. The third-order valence-corrected chi connectivity index (χ3v) is 5.96. The summed E-state index contributed by atoms with van der Waals surface area (Å²) in [6.45, 7) is 5.83. The molecule has 1 unspecified atom stereocenters. The number of benzene rings is 1. The second-order valence-electron chi connectivity index (χ2n) is 8.14. The minimum Gasteiger partial charge on any atom is -0.383 e. The SMILES string of the molecule is COCCN1CCCC(CN(C)C(=O)C2(Cc3ccccc3F)CNC2)C1. The van der Waals surface area contributed by atoms with E-state index < -0.39 is 5.41 Å². The highest BCUT2D eigenvalue weighted by molar-refractivity contribution is 5.84. The Kier molecular flexibility index (Phi) is 6.84. The molecule has 2 aliphatic rings. The summed E-state index contributed by atoms with van der Waals surface area (Å²) >= 11 is 0. The van der Waals surface area contributed by atoms with E-state index in [0.717, 1.165) is 39.2 Å². The van der Waals surface area contributed by atoms with Crippen molar-refractivity contribution in [3.63, 3.8) is 0 Å². The van der Waals surface area contributed by atoms with E-state index in [9.17, 15) is 9.18 Å². The molecule has 0 bridgehead atoms. The van der Waals surface area contributed by atoms with Crippen molar-refractivity contribution in [1.82, 2.24) is 15.1 Å². The van der Waals surface area contributed by atoms with Crippen molar-refractivity contribution in [2.75, 3.05) is 60.0 Å². The molecule has 2 heterocycles. The predicted octanol–water partition coefficient (Wildman–Crippen LogP) is 1.77. The first-order valence-electron chi connectivity index (χ1n) is 9.95. The number of rotatable bonds is 8. The molecule has 3 rings (SSSR count). The number of carbonyl (C=O) groups excluding carboxylic acids is 1. The maximum Gasteiger partial charge on any atom is 0.231 e. The maximum absolute atomic E-state index is 14.1. The van der Waals surface area contributed by atoms with Crippen molar-refractivity contribution in [3.8, 4) is 0 Å². The molecule has 1 atom stereocenters. The number of likely N-dealkylation sites (tertiary alicyclic amines) is 1. The van der Waals surface area contributed by atoms with Crippen LogP contribution in [0.3, 0.4) is 0 Å². The van der Waals surface area contributed by atoms with Gasteiger partial charge in [0.05, 0.1) is 12.0 Å². The molecule has 5 nitrogen and oxygen atoms in total. The number of ether oxygens (including phenoxy) is 1. The number of hydrogen-bond donors (Lipinski definition) is 1. The van der Waals surface area contributed by atoms with Crippen LogP contribution in [-0.2, 0) is 16.0 Å². The number of nitrogens with zero attached hydrogens (tertiary/aromatic N) is 2. The topological polar surface area (TPSA) is 44.8 Å². The summed E-state index contributed by atoms with van der Waals surface area (Å²) in [5, 5.41) is 3.22. The van der Waals surface area contributed by atoms with Crippen LogP contribution >= 0.6 is 0 Å². The van der Waals surface area contributed by atoms with Crippen LogP contribution in [0.4, 0.5) is 4.39 Å². The zero-order valence-corrected chi connectivity index (χ0v) is 16.5. The molecule has 0 saturated carbocycles. The molecule has 1 amide bonds. The molecule has 150 valence electrons. The lowest BCUT2D eigenvalue weighted by Gasteiger charge is -2.44. The summed E-state index contributed by atoms with van der Waals surface area (Å²) in [6.07, 6.45) is 2.78. The Morgan fingerprint density at radius 1 is 1.41 bits per heavy atom. The van der Waals surface area contributed by atoms with Gasteiger partial charge in [-0.3, -0.25) is 4.79 Å². The highest BCUT2D eigenvalue weighted by atomic mass is 19.1. The zero-order chi connectivity index (χ0) is 19.3. The molecule has 0 aliphatic carbocycles. The average Bonchev–Trinajstić information content (AvgIpc) is 2.64. The van der Waals surface area contributed by atoms with E-state index in [1.807, 2.05) is 18.0 Å². The van der Waals surface area contributed by atoms with Gasteiger partial charge >= 0.3 is 0 Å². The molecule has 1 aromatic rings. The lowest BCUT2D eigenvalue weighted by molar-refractivity contribution is -0.144. The van der Waals surface area contributed by atoms with Crippen molar-refractivity contribution in [1.29, 1.82) is 0 Å². The van der Waals surface area contributed by atoms with Crippen LogP contribution in [0.2, 0.25) is 0 Å². The lowest BCUT2D eigenvalue weighted by atomic mass is 9.75. The van der Waals surface area contributed by atoms with E-state index >= 15 is 0 Å². The van der Waals surface area contributed by atoms with Crippen molar-refractivity contribution in [2.45, 2.75) is 19.3 Å². The van der Waals surface area contributed by atoms with E-state index in [1.54, 1.807) is 19.2 Å². The van der Waals surface area contributed by atoms with Gasteiger partial charge in [0.2, 0.25) is 5.91 Å². The Morgan fingerprint density at radius 3 is 2.85 bits per heavy atom. The Morgan fingerprint density at radius 2 is 2.19 bits per heavy atom. The molecule has 0 aromatic heterocycles. The largest absolute Gasteiger partial charge is 0.383 e. The summed E-state index contributed by atoms with van der Waals surface area (Å²) in [5.74, 6) is 0.405. The molecule has 2 fully saturated rings. The number of methoxy groups -OCH3 is 1. The van der Waals surface area contributed by atoms with Gasteiger partial charge in [-0.1, -0.05) is 18.2 Å². The molecule has 0 radical (unpaired) electrons. The van der Waals surface area contributed by atoms with Gasteiger partial charge in [0.25, 0.3) is 0 Å². The fourth-order valence-electron chi connectivity index (χ4n) is 4.38. The van der Waals surface area contributed by atoms with Crippen LogP contribution in [0.15, 0.2) is 24.3 Å². The maximum atomic E-state index is 14.1. The Balaban J connectivity index is 1.59. The Labute approximate surface area is 161 Å². The standard InChI is InChI=1S/C21H32FN3O2/c1-24(13-17-6-5-9-25(14-17)10-11-27-2)20(26)21(15-23-16-21)12-18-7-3-4-8-19(18)22/h3-4,7-8,17,23H,5-6,9-16H2,1-2H3. The van der Waals surface area contributed by atoms with Crippen LogP contribution < -0.4 is 5.32 Å². The third-order valence-electron chi connectivity index (χ3n) is 5.96. The number of piperidine rings is 1. The normalized spacial score (nSPS) is 22.3. The average molecular weight is 378 g/mol. The van der Waals surface area contributed by atoms with Gasteiger partial charge in [0.15, 0.2) is 0 Å². The van der Waals surface area contributed by atoms with E-state index in [2.05, 4.69) is 10.2 Å². The van der Waals surface area contributed by atoms with Crippen molar-refractivity contribution < 1.29 is 13.9 Å². The lowest BCUT2D eigenvalue weighted by Crippen LogP contribution is -2.63. The van der Waals surface area contributed by atoms with Gasteiger partial charge < -0.3 is 19.9 Å². The molecular weight excluding hydrogens is 345 g/mol. The molecule has 6 heteroatoms. The molecule has 1 aromatic carbocycles. The minimum absolute atomic E-state index is 0.138. The number of carbonyl (C=O) groups is 1. The van der Waals surface area contributed by atoms with Gasteiger partial charge in [-0.15, -0.1) is 0 Å². The van der Waals surface area contributed by atoms with Gasteiger partial charge in [0.1, 0.15) is 5.82 Å². The van der Waals surface area contributed by atoms with Crippen molar-refractivity contribution in [2.24, 2.45) is 11.3 Å². The van der Waals surface area contributed by atoms with Crippen LogP contribution in [0, 0.1) is 17.2 Å². The molecule has 0 spiro atoms. The number of hydrogen-bond acceptors (Lipinski definition) is 4. The highest BCUT2D eigenvalue weighted by Crippen LogP contribution is 2.31. The van der Waals surface area contributed by atoms with Gasteiger partial charge in [-0.05, 0) is 43.4 Å². The Hall–Kier alpha value is -1.50. The van der Waals surface area contributed by atoms with E-state index in [-0.39, 0.29) is 11.7 Å². The van der Waals surface area contributed by atoms with Crippen molar-refractivity contribution >= 4 is 5.91 Å². The van der Waals surface area contributed by atoms with Crippen LogP contribution in [-0.4, -0.2) is 75.7 Å². The molecular formula is C21H32FN3O2. The summed E-state index contributed by atoms with van der Waals surface area (Å²) < 4.78 is 19.3. The summed E-state index contributed by atoms with van der Waals surface area (Å²) in [4.78, 5) is 17.5. The Bertz CT molecular complexity index is 636. The number of nitrogens with one attached hydrogen (secondary N) is 1. The predicted molar refractivity (Wildman–Crippen MR) is 104 cm³/mol. The third kappa shape index (κ3) is 4.86. The molecule has 1 N–H and O–H groups in total. The molecule has 2 aliphatic heterocycles. The van der Waals surface area contributed by atoms with Crippen LogP contribution in [0.5, 0.6) is 0 Å². The fourth-order valence-corrected chi connectivity index (χ4v) is 4.38. The van der Waals surface area contributed by atoms with E-state index in [0.29, 0.717) is 31.0 Å².